The van der Waals surface area contributed by atoms with Crippen molar-refractivity contribution < 1.29 is 22.7 Å². The van der Waals surface area contributed by atoms with Crippen LogP contribution in [0.3, 0.4) is 0 Å². The molecule has 1 aliphatic rings. The van der Waals surface area contributed by atoms with Gasteiger partial charge < -0.3 is 10.1 Å². The molecule has 0 aromatic heterocycles. The van der Waals surface area contributed by atoms with Crippen LogP contribution in [0.1, 0.15) is 44.5 Å². The minimum atomic E-state index is -3.68. The normalized spacial score (nSPS) is 21.1. The van der Waals surface area contributed by atoms with E-state index in [9.17, 15) is 18.0 Å². The van der Waals surface area contributed by atoms with Gasteiger partial charge in [0.25, 0.3) is 5.91 Å². The molecule has 0 aliphatic carbocycles. The number of ether oxygens (including phenoxy) is 1. The summed E-state index contributed by atoms with van der Waals surface area (Å²) >= 11 is 0. The lowest BCUT2D eigenvalue weighted by atomic mass is 9.94. The average molecular weight is 397 g/mol. The molecule has 1 aromatic carbocycles. The topological polar surface area (TPSA) is 92.8 Å². The number of rotatable bonds is 6. The molecule has 8 heteroatoms. The standard InChI is InChI=1S/C19H28N2O5S/c1-13(2)20-18(22)12-26-19(23)16-6-5-7-17(9-16)27(24,25)21-10-14(3)8-15(4)11-21/h5-7,9,13-15H,8,10-12H2,1-4H3,(H,20,22). The Morgan fingerprint density at radius 2 is 1.85 bits per heavy atom. The van der Waals surface area contributed by atoms with Gasteiger partial charge >= 0.3 is 5.97 Å². The Morgan fingerprint density at radius 3 is 2.44 bits per heavy atom. The Morgan fingerprint density at radius 1 is 1.22 bits per heavy atom. The van der Waals surface area contributed by atoms with Crippen molar-refractivity contribution in [1.82, 2.24) is 9.62 Å². The fraction of sp³-hybridized carbons (Fsp3) is 0.579. The highest BCUT2D eigenvalue weighted by Crippen LogP contribution is 2.27. The van der Waals surface area contributed by atoms with E-state index in [1.165, 1.54) is 28.6 Å². The van der Waals surface area contributed by atoms with Crippen molar-refractivity contribution in [1.29, 1.82) is 0 Å². The van der Waals surface area contributed by atoms with Gasteiger partial charge in [0.2, 0.25) is 10.0 Å². The van der Waals surface area contributed by atoms with Gasteiger partial charge in [-0.3, -0.25) is 4.79 Å². The highest BCUT2D eigenvalue weighted by molar-refractivity contribution is 7.89. The van der Waals surface area contributed by atoms with Gasteiger partial charge in [-0.15, -0.1) is 0 Å². The third-order valence-electron chi connectivity index (χ3n) is 4.33. The molecule has 1 saturated heterocycles. The number of carbonyl (C=O) groups excluding carboxylic acids is 2. The number of sulfonamides is 1. The number of hydrogen-bond donors (Lipinski definition) is 1. The maximum Gasteiger partial charge on any atom is 0.338 e. The number of hydrogen-bond acceptors (Lipinski definition) is 5. The number of benzene rings is 1. The first-order valence-corrected chi connectivity index (χ1v) is 10.6. The summed E-state index contributed by atoms with van der Waals surface area (Å²) in [5.74, 6) is -0.558. The summed E-state index contributed by atoms with van der Waals surface area (Å²) in [6.07, 6.45) is 0.997. The number of nitrogens with zero attached hydrogens (tertiary/aromatic N) is 1. The minimum absolute atomic E-state index is 0.0565. The number of piperidine rings is 1. The third-order valence-corrected chi connectivity index (χ3v) is 6.15. The van der Waals surface area contributed by atoms with Gasteiger partial charge in [0, 0.05) is 19.1 Å². The molecule has 1 N–H and O–H groups in total. The van der Waals surface area contributed by atoms with Crippen molar-refractivity contribution in [3.05, 3.63) is 29.8 Å². The van der Waals surface area contributed by atoms with Crippen molar-refractivity contribution >= 4 is 21.9 Å². The quantitative estimate of drug-likeness (QED) is 0.743. The number of carbonyl (C=O) groups is 2. The Bertz CT molecular complexity index is 781. The molecule has 0 bridgehead atoms. The first-order chi connectivity index (χ1) is 12.6. The molecule has 2 atom stereocenters. The maximum atomic E-state index is 13.0. The van der Waals surface area contributed by atoms with E-state index < -0.39 is 28.5 Å². The average Bonchev–Trinajstić information content (AvgIpc) is 2.58. The summed E-state index contributed by atoms with van der Waals surface area (Å²) in [6.45, 7) is 8.21. The van der Waals surface area contributed by atoms with Crippen LogP contribution in [0.4, 0.5) is 0 Å². The van der Waals surface area contributed by atoms with Crippen molar-refractivity contribution in [3.63, 3.8) is 0 Å². The zero-order chi connectivity index (χ0) is 20.2. The highest BCUT2D eigenvalue weighted by Gasteiger charge is 2.32. The molecule has 1 aromatic rings. The molecule has 7 nitrogen and oxygen atoms in total. The van der Waals surface area contributed by atoms with Gasteiger partial charge in [-0.05, 0) is 50.3 Å². The minimum Gasteiger partial charge on any atom is -0.452 e. The molecule has 1 amide bonds. The lowest BCUT2D eigenvalue weighted by Crippen LogP contribution is -2.42. The second kappa shape index (κ2) is 8.84. The van der Waals surface area contributed by atoms with Gasteiger partial charge in [-0.2, -0.15) is 4.31 Å². The van der Waals surface area contributed by atoms with Crippen molar-refractivity contribution in [2.75, 3.05) is 19.7 Å². The molecular formula is C19H28N2O5S. The van der Waals surface area contributed by atoms with Crippen LogP contribution in [0, 0.1) is 11.8 Å². The Hall–Kier alpha value is -1.93. The van der Waals surface area contributed by atoms with Crippen molar-refractivity contribution in [3.8, 4) is 0 Å². The van der Waals surface area contributed by atoms with Gasteiger partial charge in [-0.1, -0.05) is 19.9 Å². The van der Waals surface area contributed by atoms with E-state index in [0.717, 1.165) is 6.42 Å². The molecule has 27 heavy (non-hydrogen) atoms. The Labute approximate surface area is 161 Å². The van der Waals surface area contributed by atoms with Gasteiger partial charge in [0.1, 0.15) is 0 Å². The molecule has 0 radical (unpaired) electrons. The van der Waals surface area contributed by atoms with Crippen LogP contribution in [0.15, 0.2) is 29.2 Å². The molecular weight excluding hydrogens is 368 g/mol. The lowest BCUT2D eigenvalue weighted by Gasteiger charge is -2.34. The predicted molar refractivity (Wildman–Crippen MR) is 102 cm³/mol. The van der Waals surface area contributed by atoms with E-state index in [2.05, 4.69) is 5.32 Å². The molecule has 0 spiro atoms. The Balaban J connectivity index is 2.12. The summed E-state index contributed by atoms with van der Waals surface area (Å²) in [7, 11) is -3.68. The van der Waals surface area contributed by atoms with Crippen LogP contribution >= 0.6 is 0 Å². The summed E-state index contributed by atoms with van der Waals surface area (Å²) in [4.78, 5) is 23.8. The van der Waals surface area contributed by atoms with Gasteiger partial charge in [0.05, 0.1) is 10.5 Å². The fourth-order valence-electron chi connectivity index (χ4n) is 3.31. The lowest BCUT2D eigenvalue weighted by molar-refractivity contribution is -0.124. The van der Waals surface area contributed by atoms with Gasteiger partial charge in [0.15, 0.2) is 6.61 Å². The van der Waals surface area contributed by atoms with Crippen LogP contribution in [-0.4, -0.2) is 50.3 Å². The predicted octanol–water partition coefficient (Wildman–Crippen LogP) is 2.03. The van der Waals surface area contributed by atoms with Crippen LogP contribution < -0.4 is 5.32 Å². The van der Waals surface area contributed by atoms with E-state index in [1.54, 1.807) is 13.8 Å². The molecule has 150 valence electrons. The van der Waals surface area contributed by atoms with E-state index in [-0.39, 0.29) is 28.3 Å². The van der Waals surface area contributed by atoms with Crippen LogP contribution in [-0.2, 0) is 19.6 Å². The van der Waals surface area contributed by atoms with Crippen LogP contribution in [0.25, 0.3) is 0 Å². The summed E-state index contributed by atoms with van der Waals surface area (Å²) in [5.41, 5.74) is 0.103. The summed E-state index contributed by atoms with van der Waals surface area (Å²) < 4.78 is 32.4. The first kappa shape index (κ1) is 21.4. The number of esters is 1. The van der Waals surface area contributed by atoms with E-state index in [0.29, 0.717) is 13.1 Å². The van der Waals surface area contributed by atoms with E-state index in [4.69, 9.17) is 4.74 Å². The first-order valence-electron chi connectivity index (χ1n) is 9.16. The monoisotopic (exact) mass is 396 g/mol. The zero-order valence-electron chi connectivity index (χ0n) is 16.3. The molecule has 1 aliphatic heterocycles. The molecule has 1 heterocycles. The zero-order valence-corrected chi connectivity index (χ0v) is 17.1. The van der Waals surface area contributed by atoms with Crippen LogP contribution in [0.2, 0.25) is 0 Å². The van der Waals surface area contributed by atoms with Gasteiger partial charge in [-0.25, -0.2) is 13.2 Å². The smallest absolute Gasteiger partial charge is 0.338 e. The molecule has 2 unspecified atom stereocenters. The third kappa shape index (κ3) is 5.77. The number of nitrogens with one attached hydrogen (secondary N) is 1. The second-order valence-corrected chi connectivity index (χ2v) is 9.53. The van der Waals surface area contributed by atoms with Crippen molar-refractivity contribution in [2.24, 2.45) is 11.8 Å². The molecule has 2 rings (SSSR count). The Kier molecular flexibility index (Phi) is 7.00. The maximum absolute atomic E-state index is 13.0. The largest absolute Gasteiger partial charge is 0.452 e. The fourth-order valence-corrected chi connectivity index (χ4v) is 5.04. The van der Waals surface area contributed by atoms with Crippen LogP contribution in [0.5, 0.6) is 0 Å². The summed E-state index contributed by atoms with van der Waals surface area (Å²) in [6, 6.07) is 5.71. The SMILES string of the molecule is CC1CC(C)CN(S(=O)(=O)c2cccc(C(=O)OCC(=O)NC(C)C)c2)C1. The molecule has 1 fully saturated rings. The van der Waals surface area contributed by atoms with Crippen molar-refractivity contribution in [2.45, 2.75) is 45.1 Å². The van der Waals surface area contributed by atoms with E-state index >= 15 is 0 Å². The number of amides is 1. The molecule has 0 saturated carbocycles. The summed E-state index contributed by atoms with van der Waals surface area (Å²) in [5, 5.41) is 2.62. The van der Waals surface area contributed by atoms with E-state index in [1.807, 2.05) is 13.8 Å². The highest BCUT2D eigenvalue weighted by atomic mass is 32.2. The second-order valence-electron chi connectivity index (χ2n) is 7.59.